The number of halogens is 4. The SMILES string of the molecule is COc1ccccc1C(=O)Nc1nc(C)c(Cc2cc(C(F)(F)F)ccc2Cl)s1. The first-order chi connectivity index (χ1) is 13.7. The van der Waals surface area contributed by atoms with Crippen molar-refractivity contribution in [2.24, 2.45) is 0 Å². The van der Waals surface area contributed by atoms with Gasteiger partial charge in [-0.3, -0.25) is 10.1 Å². The topological polar surface area (TPSA) is 51.2 Å². The standard InChI is InChI=1S/C20H16ClF3N2O2S/c1-11-17(10-12-9-13(20(22,23)24)7-8-15(12)21)29-19(25-11)26-18(27)14-5-3-4-6-16(14)28-2/h3-9H,10H2,1-2H3,(H,25,26,27). The number of nitrogens with one attached hydrogen (secondary N) is 1. The van der Waals surface area contributed by atoms with Gasteiger partial charge in [0.05, 0.1) is 23.9 Å². The minimum absolute atomic E-state index is 0.177. The van der Waals surface area contributed by atoms with Gasteiger partial charge in [-0.05, 0) is 42.8 Å². The maximum Gasteiger partial charge on any atom is 0.416 e. The van der Waals surface area contributed by atoms with Gasteiger partial charge in [0.15, 0.2) is 5.13 Å². The molecule has 0 radical (unpaired) electrons. The van der Waals surface area contributed by atoms with Crippen LogP contribution in [0.3, 0.4) is 0 Å². The lowest BCUT2D eigenvalue weighted by Crippen LogP contribution is -2.12. The van der Waals surface area contributed by atoms with E-state index in [1.165, 1.54) is 24.5 Å². The Balaban J connectivity index is 1.82. The molecule has 152 valence electrons. The maximum atomic E-state index is 13.0. The van der Waals surface area contributed by atoms with Gasteiger partial charge < -0.3 is 4.74 Å². The Bertz CT molecular complexity index is 1050. The predicted molar refractivity (Wildman–Crippen MR) is 107 cm³/mol. The molecule has 0 aliphatic heterocycles. The number of para-hydroxylation sites is 1. The third-order valence-corrected chi connectivity index (χ3v) is 5.63. The highest BCUT2D eigenvalue weighted by Crippen LogP contribution is 2.34. The Labute approximate surface area is 174 Å². The third kappa shape index (κ3) is 4.89. The van der Waals surface area contributed by atoms with Crippen molar-refractivity contribution in [3.05, 3.63) is 74.7 Å². The Morgan fingerprint density at radius 3 is 2.66 bits per heavy atom. The molecule has 29 heavy (non-hydrogen) atoms. The number of aryl methyl sites for hydroxylation is 1. The summed E-state index contributed by atoms with van der Waals surface area (Å²) in [6.45, 7) is 1.73. The van der Waals surface area contributed by atoms with Crippen LogP contribution in [0.5, 0.6) is 5.75 Å². The fourth-order valence-corrected chi connectivity index (χ4v) is 3.87. The van der Waals surface area contributed by atoms with Gasteiger partial charge in [-0.15, -0.1) is 11.3 Å². The molecule has 3 aromatic rings. The molecule has 9 heteroatoms. The highest BCUT2D eigenvalue weighted by Gasteiger charge is 2.31. The first kappa shape index (κ1) is 21.1. The van der Waals surface area contributed by atoms with Gasteiger partial charge in [0, 0.05) is 16.3 Å². The number of hydrogen-bond acceptors (Lipinski definition) is 4. The van der Waals surface area contributed by atoms with Crippen LogP contribution in [0.25, 0.3) is 0 Å². The van der Waals surface area contributed by atoms with Gasteiger partial charge in [0.1, 0.15) is 5.75 Å². The molecule has 0 saturated heterocycles. The Hall–Kier alpha value is -2.58. The van der Waals surface area contributed by atoms with Crippen LogP contribution in [-0.2, 0) is 12.6 Å². The van der Waals surface area contributed by atoms with Crippen LogP contribution < -0.4 is 10.1 Å². The number of nitrogens with zero attached hydrogens (tertiary/aromatic N) is 1. The number of alkyl halides is 3. The van der Waals surface area contributed by atoms with Crippen LogP contribution in [0.15, 0.2) is 42.5 Å². The van der Waals surface area contributed by atoms with Crippen molar-refractivity contribution in [3.63, 3.8) is 0 Å². The van der Waals surface area contributed by atoms with Gasteiger partial charge in [-0.25, -0.2) is 4.98 Å². The summed E-state index contributed by atoms with van der Waals surface area (Å²) >= 11 is 7.28. The minimum Gasteiger partial charge on any atom is -0.496 e. The van der Waals surface area contributed by atoms with Crippen LogP contribution in [0, 0.1) is 6.92 Å². The lowest BCUT2D eigenvalue weighted by molar-refractivity contribution is -0.137. The summed E-state index contributed by atoms with van der Waals surface area (Å²) in [7, 11) is 1.47. The van der Waals surface area contributed by atoms with Crippen molar-refractivity contribution in [2.45, 2.75) is 19.5 Å². The van der Waals surface area contributed by atoms with Crippen LogP contribution in [0.4, 0.5) is 18.3 Å². The summed E-state index contributed by atoms with van der Waals surface area (Å²) in [4.78, 5) is 17.5. The van der Waals surface area contributed by atoms with Crippen LogP contribution in [0.2, 0.25) is 5.02 Å². The largest absolute Gasteiger partial charge is 0.496 e. The van der Waals surface area contributed by atoms with Gasteiger partial charge in [0.2, 0.25) is 0 Å². The fraction of sp³-hybridized carbons (Fsp3) is 0.200. The van der Waals surface area contributed by atoms with E-state index >= 15 is 0 Å². The molecule has 0 aliphatic carbocycles. The summed E-state index contributed by atoms with van der Waals surface area (Å²) in [6.07, 6.45) is -4.27. The van der Waals surface area contributed by atoms with E-state index in [9.17, 15) is 18.0 Å². The fourth-order valence-electron chi connectivity index (χ4n) is 2.70. The average molecular weight is 441 g/mol. The highest BCUT2D eigenvalue weighted by atomic mass is 35.5. The number of hydrogen-bond donors (Lipinski definition) is 1. The normalized spacial score (nSPS) is 11.4. The van der Waals surface area contributed by atoms with Crippen molar-refractivity contribution in [1.82, 2.24) is 4.98 Å². The summed E-state index contributed by atoms with van der Waals surface area (Å²) < 4.78 is 44.1. The van der Waals surface area contributed by atoms with Crippen molar-refractivity contribution in [3.8, 4) is 5.75 Å². The quantitative estimate of drug-likeness (QED) is 0.531. The van der Waals surface area contributed by atoms with E-state index in [2.05, 4.69) is 10.3 Å². The minimum atomic E-state index is -4.45. The summed E-state index contributed by atoms with van der Waals surface area (Å²) in [5, 5.41) is 3.29. The molecule has 0 fully saturated rings. The van der Waals surface area contributed by atoms with E-state index in [0.717, 1.165) is 12.1 Å². The van der Waals surface area contributed by atoms with Gasteiger partial charge in [0.25, 0.3) is 5.91 Å². The zero-order chi connectivity index (χ0) is 21.2. The first-order valence-corrected chi connectivity index (χ1v) is 9.64. The molecule has 2 aromatic carbocycles. The predicted octanol–water partition coefficient (Wildman–Crippen LogP) is 5.98. The summed E-state index contributed by atoms with van der Waals surface area (Å²) in [6, 6.07) is 9.98. The molecule has 3 rings (SSSR count). The smallest absolute Gasteiger partial charge is 0.416 e. The second-order valence-corrected chi connectivity index (χ2v) is 7.65. The Morgan fingerprint density at radius 1 is 1.24 bits per heavy atom. The van der Waals surface area contributed by atoms with Crippen LogP contribution in [0.1, 0.15) is 32.1 Å². The number of carbonyl (C=O) groups is 1. The summed E-state index contributed by atoms with van der Waals surface area (Å²) in [5.74, 6) is 0.0362. The van der Waals surface area contributed by atoms with E-state index in [4.69, 9.17) is 16.3 Å². The van der Waals surface area contributed by atoms with Crippen molar-refractivity contribution in [1.29, 1.82) is 0 Å². The molecular weight excluding hydrogens is 425 g/mol. The van der Waals surface area contributed by atoms with E-state index in [0.29, 0.717) is 32.6 Å². The molecule has 1 heterocycles. The van der Waals surface area contributed by atoms with Crippen LogP contribution in [-0.4, -0.2) is 18.0 Å². The number of anilines is 1. The Kier molecular flexibility index (Phi) is 6.14. The molecule has 0 bridgehead atoms. The highest BCUT2D eigenvalue weighted by molar-refractivity contribution is 7.15. The molecule has 0 spiro atoms. The summed E-state index contributed by atoms with van der Waals surface area (Å²) in [5.41, 5.74) is 0.545. The number of carbonyl (C=O) groups excluding carboxylic acids is 1. The molecule has 4 nitrogen and oxygen atoms in total. The second-order valence-electron chi connectivity index (χ2n) is 6.16. The molecule has 0 unspecified atom stereocenters. The van der Waals surface area contributed by atoms with Crippen molar-refractivity contribution in [2.75, 3.05) is 12.4 Å². The maximum absolute atomic E-state index is 13.0. The van der Waals surface area contributed by atoms with Crippen molar-refractivity contribution >= 4 is 34.0 Å². The Morgan fingerprint density at radius 2 is 1.97 bits per heavy atom. The number of aromatic nitrogens is 1. The molecule has 1 N–H and O–H groups in total. The van der Waals surface area contributed by atoms with E-state index < -0.39 is 11.7 Å². The molecule has 0 atom stereocenters. The van der Waals surface area contributed by atoms with Crippen molar-refractivity contribution < 1.29 is 22.7 Å². The van der Waals surface area contributed by atoms with Gasteiger partial charge in [-0.2, -0.15) is 13.2 Å². The molecule has 0 saturated carbocycles. The average Bonchev–Trinajstić information content (AvgIpc) is 3.01. The first-order valence-electron chi connectivity index (χ1n) is 8.45. The second kappa shape index (κ2) is 8.42. The van der Waals surface area contributed by atoms with Gasteiger partial charge >= 0.3 is 6.18 Å². The van der Waals surface area contributed by atoms with E-state index in [1.807, 2.05) is 0 Å². The van der Waals surface area contributed by atoms with Crippen LogP contribution >= 0.6 is 22.9 Å². The van der Waals surface area contributed by atoms with E-state index in [-0.39, 0.29) is 17.4 Å². The zero-order valence-electron chi connectivity index (χ0n) is 15.4. The monoisotopic (exact) mass is 440 g/mol. The molecule has 0 aliphatic rings. The number of benzene rings is 2. The lowest BCUT2D eigenvalue weighted by atomic mass is 10.1. The lowest BCUT2D eigenvalue weighted by Gasteiger charge is -2.10. The number of thiazole rings is 1. The molecular formula is C20H16ClF3N2O2S. The number of rotatable bonds is 5. The zero-order valence-corrected chi connectivity index (χ0v) is 17.0. The third-order valence-electron chi connectivity index (χ3n) is 4.19. The number of amides is 1. The molecule has 1 aromatic heterocycles. The van der Waals surface area contributed by atoms with E-state index in [1.54, 1.807) is 31.2 Å². The number of ether oxygens (including phenoxy) is 1. The molecule has 1 amide bonds. The number of methoxy groups -OCH3 is 1. The van der Waals surface area contributed by atoms with Gasteiger partial charge in [-0.1, -0.05) is 23.7 Å².